The van der Waals surface area contributed by atoms with E-state index in [1.165, 1.54) is 30.3 Å². The van der Waals surface area contributed by atoms with Crippen molar-refractivity contribution >= 4 is 16.8 Å². The van der Waals surface area contributed by atoms with Crippen LogP contribution in [0.15, 0.2) is 30.5 Å². The molecular weight excluding hydrogens is 302 g/mol. The molecule has 1 amide bonds. The molecule has 1 aromatic carbocycles. The van der Waals surface area contributed by atoms with Gasteiger partial charge in [0.15, 0.2) is 0 Å². The molecule has 5 heteroatoms. The summed E-state index contributed by atoms with van der Waals surface area (Å²) in [5.74, 6) is 0.0444. The van der Waals surface area contributed by atoms with Crippen LogP contribution in [0, 0.1) is 6.92 Å². The topological polar surface area (TPSA) is 46.5 Å². The Labute approximate surface area is 142 Å². The molecular formula is C19H25N3O2. The number of benzene rings is 1. The smallest absolute Gasteiger partial charge is 0.240 e. The van der Waals surface area contributed by atoms with E-state index >= 15 is 0 Å². The third-order valence-electron chi connectivity index (χ3n) is 5.29. The summed E-state index contributed by atoms with van der Waals surface area (Å²) in [4.78, 5) is 14.8. The molecule has 2 fully saturated rings. The number of hydrogen-bond acceptors (Lipinski definition) is 3. The van der Waals surface area contributed by atoms with Gasteiger partial charge in [0.05, 0.1) is 12.7 Å². The largest absolute Gasteiger partial charge is 0.373 e. The zero-order valence-corrected chi connectivity index (χ0v) is 14.2. The summed E-state index contributed by atoms with van der Waals surface area (Å²) < 4.78 is 7.93. The van der Waals surface area contributed by atoms with Crippen molar-refractivity contribution < 1.29 is 9.53 Å². The van der Waals surface area contributed by atoms with Gasteiger partial charge in [-0.1, -0.05) is 18.2 Å². The van der Waals surface area contributed by atoms with E-state index in [0.717, 1.165) is 18.7 Å². The van der Waals surface area contributed by atoms with Crippen LogP contribution in [0.1, 0.15) is 18.4 Å². The fraction of sp³-hybridized carbons (Fsp3) is 0.526. The number of fused-ring (bicyclic) bond motifs is 2. The number of nitrogens with zero attached hydrogens (tertiary/aromatic N) is 2. The van der Waals surface area contributed by atoms with E-state index in [1.807, 2.05) is 16.7 Å². The molecule has 1 aromatic heterocycles. The van der Waals surface area contributed by atoms with Crippen LogP contribution in [0.4, 0.5) is 0 Å². The van der Waals surface area contributed by atoms with E-state index in [1.54, 1.807) is 0 Å². The second-order valence-corrected chi connectivity index (χ2v) is 7.01. The Bertz CT molecular complexity index is 739. The number of carbonyl (C=O) groups excluding carboxylic acids is 1. The minimum atomic E-state index is 0.0444. The molecule has 0 saturated carbocycles. The normalized spacial score (nSPS) is 24.2. The molecule has 2 aromatic rings. The Morgan fingerprint density at radius 2 is 2.25 bits per heavy atom. The van der Waals surface area contributed by atoms with Gasteiger partial charge in [0.25, 0.3) is 0 Å². The highest BCUT2D eigenvalue weighted by Crippen LogP contribution is 2.22. The Kier molecular flexibility index (Phi) is 4.29. The Morgan fingerprint density at radius 3 is 3.17 bits per heavy atom. The first-order valence-corrected chi connectivity index (χ1v) is 8.87. The van der Waals surface area contributed by atoms with Gasteiger partial charge in [-0.15, -0.1) is 0 Å². The van der Waals surface area contributed by atoms with Gasteiger partial charge >= 0.3 is 0 Å². The van der Waals surface area contributed by atoms with Crippen LogP contribution in [0.3, 0.4) is 0 Å². The molecule has 1 N–H and O–H groups in total. The number of rotatable bonds is 4. The van der Waals surface area contributed by atoms with Crippen LogP contribution in [0.25, 0.3) is 10.9 Å². The molecule has 128 valence electrons. The Hall–Kier alpha value is -1.85. The predicted molar refractivity (Wildman–Crippen MR) is 94.0 cm³/mol. The molecule has 4 rings (SSSR count). The lowest BCUT2D eigenvalue weighted by Gasteiger charge is -2.35. The average Bonchev–Trinajstić information content (AvgIpc) is 3.18. The third kappa shape index (κ3) is 3.06. The van der Waals surface area contributed by atoms with E-state index in [4.69, 9.17) is 4.74 Å². The molecule has 0 aliphatic carbocycles. The van der Waals surface area contributed by atoms with Crippen LogP contribution < -0.4 is 5.32 Å². The summed E-state index contributed by atoms with van der Waals surface area (Å²) in [7, 11) is 0. The number of morpholine rings is 1. The van der Waals surface area contributed by atoms with Crippen molar-refractivity contribution in [2.75, 3.05) is 26.2 Å². The second kappa shape index (κ2) is 6.57. The van der Waals surface area contributed by atoms with Gasteiger partial charge in [0.1, 0.15) is 6.54 Å². The minimum absolute atomic E-state index is 0.0444. The third-order valence-corrected chi connectivity index (χ3v) is 5.29. The molecule has 3 heterocycles. The van der Waals surface area contributed by atoms with Gasteiger partial charge < -0.3 is 14.6 Å². The van der Waals surface area contributed by atoms with Gasteiger partial charge in [-0.05, 0) is 37.9 Å². The number of amides is 1. The fourth-order valence-corrected chi connectivity index (χ4v) is 4.01. The maximum absolute atomic E-state index is 12.3. The lowest BCUT2D eigenvalue weighted by atomic mass is 10.2. The maximum Gasteiger partial charge on any atom is 0.240 e. The first-order valence-electron chi connectivity index (χ1n) is 8.87. The maximum atomic E-state index is 12.3. The quantitative estimate of drug-likeness (QED) is 0.933. The number of para-hydroxylation sites is 1. The van der Waals surface area contributed by atoms with Crippen LogP contribution in [-0.2, 0) is 16.1 Å². The van der Waals surface area contributed by atoms with E-state index in [0.29, 0.717) is 19.1 Å². The molecule has 2 saturated heterocycles. The van der Waals surface area contributed by atoms with Crippen molar-refractivity contribution in [2.45, 2.75) is 38.5 Å². The lowest BCUT2D eigenvalue weighted by Crippen LogP contribution is -2.50. The summed E-state index contributed by atoms with van der Waals surface area (Å²) in [5, 5.41) is 4.25. The molecule has 0 spiro atoms. The molecule has 0 unspecified atom stereocenters. The molecule has 24 heavy (non-hydrogen) atoms. The summed E-state index contributed by atoms with van der Waals surface area (Å²) in [5.41, 5.74) is 2.31. The van der Waals surface area contributed by atoms with Gasteiger partial charge in [-0.25, -0.2) is 0 Å². The summed E-state index contributed by atoms with van der Waals surface area (Å²) in [6.45, 7) is 5.96. The lowest BCUT2D eigenvalue weighted by molar-refractivity contribution is -0.123. The highest BCUT2D eigenvalue weighted by atomic mass is 16.5. The number of ether oxygens (including phenoxy) is 1. The zero-order valence-electron chi connectivity index (χ0n) is 14.2. The van der Waals surface area contributed by atoms with Crippen molar-refractivity contribution in [3.63, 3.8) is 0 Å². The van der Waals surface area contributed by atoms with E-state index < -0.39 is 0 Å². The van der Waals surface area contributed by atoms with Crippen LogP contribution in [0.5, 0.6) is 0 Å². The molecule has 0 radical (unpaired) electrons. The molecule has 5 nitrogen and oxygen atoms in total. The predicted octanol–water partition coefficient (Wildman–Crippen LogP) is 1.93. The summed E-state index contributed by atoms with van der Waals surface area (Å²) in [6.07, 6.45) is 4.69. The van der Waals surface area contributed by atoms with Crippen LogP contribution in [0.2, 0.25) is 0 Å². The van der Waals surface area contributed by atoms with Crippen molar-refractivity contribution in [2.24, 2.45) is 0 Å². The van der Waals surface area contributed by atoms with E-state index in [2.05, 4.69) is 35.5 Å². The van der Waals surface area contributed by atoms with Crippen molar-refractivity contribution in [1.29, 1.82) is 0 Å². The number of aromatic nitrogens is 1. The fourth-order valence-electron chi connectivity index (χ4n) is 4.01. The van der Waals surface area contributed by atoms with Gasteiger partial charge in [-0.3, -0.25) is 9.69 Å². The molecule has 2 atom stereocenters. The highest BCUT2D eigenvalue weighted by molar-refractivity contribution is 5.85. The van der Waals surface area contributed by atoms with Crippen molar-refractivity contribution in [3.8, 4) is 0 Å². The number of nitrogens with one attached hydrogen (secondary N) is 1. The molecule has 0 bridgehead atoms. The Balaban J connectivity index is 1.33. The van der Waals surface area contributed by atoms with Gasteiger partial charge in [-0.2, -0.15) is 0 Å². The van der Waals surface area contributed by atoms with Crippen LogP contribution in [-0.4, -0.2) is 53.8 Å². The monoisotopic (exact) mass is 327 g/mol. The van der Waals surface area contributed by atoms with Crippen LogP contribution >= 0.6 is 0 Å². The number of hydrogen-bond donors (Lipinski definition) is 1. The van der Waals surface area contributed by atoms with E-state index in [-0.39, 0.29) is 12.0 Å². The minimum Gasteiger partial charge on any atom is -0.373 e. The van der Waals surface area contributed by atoms with E-state index in [9.17, 15) is 4.79 Å². The molecule has 2 aliphatic rings. The first-order chi connectivity index (χ1) is 11.7. The standard InChI is InChI=1S/C19H25N3O2/c1-14-10-22(18-7-3-2-6-17(14)18)12-19(23)20-9-16-11-21-8-4-5-15(21)13-24-16/h2-3,6-7,10,15-16H,4-5,8-9,11-13H2,1H3,(H,20,23)/t15-,16-/m1/s1. The molecule has 2 aliphatic heterocycles. The SMILES string of the molecule is Cc1cn(CC(=O)NC[C@@H]2CN3CCC[C@@H]3CO2)c2ccccc12. The number of aryl methyl sites for hydroxylation is 1. The van der Waals surface area contributed by atoms with Gasteiger partial charge in [0, 0.05) is 36.2 Å². The second-order valence-electron chi connectivity index (χ2n) is 7.01. The average molecular weight is 327 g/mol. The van der Waals surface area contributed by atoms with Crippen molar-refractivity contribution in [3.05, 3.63) is 36.0 Å². The zero-order chi connectivity index (χ0) is 16.5. The highest BCUT2D eigenvalue weighted by Gasteiger charge is 2.32. The summed E-state index contributed by atoms with van der Waals surface area (Å²) >= 11 is 0. The first kappa shape index (κ1) is 15.7. The number of carbonyl (C=O) groups is 1. The summed E-state index contributed by atoms with van der Waals surface area (Å²) in [6, 6.07) is 8.81. The van der Waals surface area contributed by atoms with Gasteiger partial charge in [0.2, 0.25) is 5.91 Å². The van der Waals surface area contributed by atoms with Crippen molar-refractivity contribution in [1.82, 2.24) is 14.8 Å². The Morgan fingerprint density at radius 1 is 1.38 bits per heavy atom.